The van der Waals surface area contributed by atoms with Crippen molar-refractivity contribution < 1.29 is 13.2 Å². The molecule has 1 rings (SSSR count). The van der Waals surface area contributed by atoms with Gasteiger partial charge in [0.2, 0.25) is 0 Å². The highest BCUT2D eigenvalue weighted by Gasteiger charge is 2.16. The minimum atomic E-state index is -2.96. The van der Waals surface area contributed by atoms with Crippen LogP contribution in [0.25, 0.3) is 0 Å². The molecule has 0 fully saturated rings. The standard InChI is InChI=1S/C14H20O3S/c1-3-18(16,17)11-7-10-14(15)12(2)13-8-5-4-6-9-13/h4-6,8-9,12H,3,7,10-11H2,1-2H3. The fraction of sp³-hybridized carbons (Fsp3) is 0.500. The Morgan fingerprint density at radius 2 is 1.83 bits per heavy atom. The third-order valence-corrected chi connectivity index (χ3v) is 4.89. The molecular formula is C14H20O3S. The summed E-state index contributed by atoms with van der Waals surface area (Å²) in [6, 6.07) is 9.56. The molecule has 0 aromatic heterocycles. The van der Waals surface area contributed by atoms with E-state index >= 15 is 0 Å². The van der Waals surface area contributed by atoms with Crippen LogP contribution >= 0.6 is 0 Å². The van der Waals surface area contributed by atoms with Gasteiger partial charge in [0.1, 0.15) is 15.6 Å². The number of rotatable bonds is 7. The summed E-state index contributed by atoms with van der Waals surface area (Å²) in [5.74, 6) is 0.203. The molecule has 0 N–H and O–H groups in total. The van der Waals surface area contributed by atoms with E-state index in [1.807, 2.05) is 37.3 Å². The Labute approximate surface area is 109 Å². The highest BCUT2D eigenvalue weighted by Crippen LogP contribution is 2.18. The number of carbonyl (C=O) groups excluding carboxylic acids is 1. The second-order valence-electron chi connectivity index (χ2n) is 4.44. The molecule has 0 aliphatic heterocycles. The van der Waals surface area contributed by atoms with E-state index in [2.05, 4.69) is 0 Å². The SMILES string of the molecule is CCS(=O)(=O)CCCC(=O)C(C)c1ccccc1. The van der Waals surface area contributed by atoms with Crippen molar-refractivity contribution in [2.75, 3.05) is 11.5 Å². The Hall–Kier alpha value is -1.16. The number of benzene rings is 1. The number of Topliss-reactive ketones (excluding diaryl/α,β-unsaturated/α-hetero) is 1. The Balaban J connectivity index is 2.47. The summed E-state index contributed by atoms with van der Waals surface area (Å²) in [7, 11) is -2.96. The molecule has 3 nitrogen and oxygen atoms in total. The lowest BCUT2D eigenvalue weighted by atomic mass is 9.94. The van der Waals surface area contributed by atoms with Crippen molar-refractivity contribution in [1.82, 2.24) is 0 Å². The zero-order chi connectivity index (χ0) is 13.6. The smallest absolute Gasteiger partial charge is 0.150 e. The predicted octanol–water partition coefficient (Wildman–Crippen LogP) is 2.57. The number of carbonyl (C=O) groups is 1. The lowest BCUT2D eigenvalue weighted by Crippen LogP contribution is -2.13. The number of ketones is 1. The van der Waals surface area contributed by atoms with Crippen LogP contribution in [0.3, 0.4) is 0 Å². The number of sulfone groups is 1. The minimum Gasteiger partial charge on any atom is -0.299 e. The van der Waals surface area contributed by atoms with Crippen molar-refractivity contribution in [1.29, 1.82) is 0 Å². The molecule has 1 aromatic carbocycles. The van der Waals surface area contributed by atoms with Gasteiger partial charge < -0.3 is 0 Å². The Morgan fingerprint density at radius 3 is 2.39 bits per heavy atom. The van der Waals surface area contributed by atoms with E-state index in [1.54, 1.807) is 6.92 Å². The van der Waals surface area contributed by atoms with Gasteiger partial charge in [-0.15, -0.1) is 0 Å². The summed E-state index contributed by atoms with van der Waals surface area (Å²) in [5, 5.41) is 0. The van der Waals surface area contributed by atoms with E-state index in [0.717, 1.165) is 5.56 Å². The summed E-state index contributed by atoms with van der Waals surface area (Å²) < 4.78 is 22.6. The largest absolute Gasteiger partial charge is 0.299 e. The second-order valence-corrected chi connectivity index (χ2v) is 6.91. The van der Waals surface area contributed by atoms with Crippen molar-refractivity contribution in [2.45, 2.75) is 32.6 Å². The molecule has 0 saturated heterocycles. The fourth-order valence-electron chi connectivity index (χ4n) is 1.75. The molecule has 0 aliphatic rings. The van der Waals surface area contributed by atoms with Crippen molar-refractivity contribution in [3.63, 3.8) is 0 Å². The zero-order valence-electron chi connectivity index (χ0n) is 10.9. The maximum Gasteiger partial charge on any atom is 0.150 e. The van der Waals surface area contributed by atoms with Gasteiger partial charge in [0.15, 0.2) is 0 Å². The predicted molar refractivity (Wildman–Crippen MR) is 73.4 cm³/mol. The molecule has 1 unspecified atom stereocenters. The third-order valence-electron chi connectivity index (χ3n) is 3.10. The maximum atomic E-state index is 11.9. The fourth-order valence-corrected chi connectivity index (χ4v) is 2.63. The average Bonchev–Trinajstić information content (AvgIpc) is 2.38. The summed E-state index contributed by atoms with van der Waals surface area (Å²) in [6.07, 6.45) is 0.751. The zero-order valence-corrected chi connectivity index (χ0v) is 11.7. The highest BCUT2D eigenvalue weighted by molar-refractivity contribution is 7.91. The van der Waals surface area contributed by atoms with Gasteiger partial charge in [0.25, 0.3) is 0 Å². The van der Waals surface area contributed by atoms with Gasteiger partial charge in [-0.3, -0.25) is 4.79 Å². The molecular weight excluding hydrogens is 248 g/mol. The lowest BCUT2D eigenvalue weighted by Gasteiger charge is -2.10. The summed E-state index contributed by atoms with van der Waals surface area (Å²) in [6.45, 7) is 3.50. The van der Waals surface area contributed by atoms with Crippen LogP contribution in [0.1, 0.15) is 38.2 Å². The number of hydrogen-bond donors (Lipinski definition) is 0. The van der Waals surface area contributed by atoms with Crippen LogP contribution in [0.15, 0.2) is 30.3 Å². The molecule has 0 amide bonds. The summed E-state index contributed by atoms with van der Waals surface area (Å²) in [5.41, 5.74) is 0.987. The van der Waals surface area contributed by atoms with Gasteiger partial charge in [0.05, 0.1) is 5.75 Å². The molecule has 100 valence electrons. The van der Waals surface area contributed by atoms with Crippen LogP contribution in [0.4, 0.5) is 0 Å². The van der Waals surface area contributed by atoms with Crippen LogP contribution in [-0.4, -0.2) is 25.7 Å². The quantitative estimate of drug-likeness (QED) is 0.763. The van der Waals surface area contributed by atoms with E-state index in [4.69, 9.17) is 0 Å². The van der Waals surface area contributed by atoms with Crippen LogP contribution in [0.5, 0.6) is 0 Å². The molecule has 4 heteroatoms. The van der Waals surface area contributed by atoms with E-state index in [0.29, 0.717) is 12.8 Å². The monoisotopic (exact) mass is 268 g/mol. The van der Waals surface area contributed by atoms with Gasteiger partial charge in [-0.25, -0.2) is 8.42 Å². The van der Waals surface area contributed by atoms with Crippen molar-refractivity contribution in [3.8, 4) is 0 Å². The van der Waals surface area contributed by atoms with Crippen LogP contribution in [-0.2, 0) is 14.6 Å². The summed E-state index contributed by atoms with van der Waals surface area (Å²) in [4.78, 5) is 11.9. The first kappa shape index (κ1) is 14.9. The van der Waals surface area contributed by atoms with Crippen molar-refractivity contribution in [2.24, 2.45) is 0 Å². The maximum absolute atomic E-state index is 11.9. The van der Waals surface area contributed by atoms with Crippen LogP contribution < -0.4 is 0 Å². The third kappa shape index (κ3) is 4.61. The molecule has 18 heavy (non-hydrogen) atoms. The van der Waals surface area contributed by atoms with Gasteiger partial charge >= 0.3 is 0 Å². The molecule has 0 bridgehead atoms. The lowest BCUT2D eigenvalue weighted by molar-refractivity contribution is -0.120. The second kappa shape index (κ2) is 6.69. The average molecular weight is 268 g/mol. The Bertz CT molecular complexity index is 477. The van der Waals surface area contributed by atoms with Gasteiger partial charge in [-0.2, -0.15) is 0 Å². The first-order valence-corrected chi connectivity index (χ1v) is 8.06. The van der Waals surface area contributed by atoms with E-state index in [9.17, 15) is 13.2 Å². The molecule has 1 atom stereocenters. The highest BCUT2D eigenvalue weighted by atomic mass is 32.2. The molecule has 0 radical (unpaired) electrons. The number of hydrogen-bond acceptors (Lipinski definition) is 3. The van der Waals surface area contributed by atoms with Gasteiger partial charge in [0, 0.05) is 18.1 Å². The van der Waals surface area contributed by atoms with Crippen LogP contribution in [0, 0.1) is 0 Å². The summed E-state index contributed by atoms with van der Waals surface area (Å²) >= 11 is 0. The minimum absolute atomic E-state index is 0.104. The topological polar surface area (TPSA) is 51.2 Å². The molecule has 0 heterocycles. The molecule has 1 aromatic rings. The first-order valence-electron chi connectivity index (χ1n) is 6.24. The van der Waals surface area contributed by atoms with E-state index < -0.39 is 9.84 Å². The van der Waals surface area contributed by atoms with Gasteiger partial charge in [-0.05, 0) is 12.0 Å². The van der Waals surface area contributed by atoms with Crippen LogP contribution in [0.2, 0.25) is 0 Å². The molecule has 0 aliphatic carbocycles. The Kier molecular flexibility index (Phi) is 5.54. The molecule has 0 spiro atoms. The van der Waals surface area contributed by atoms with E-state index in [-0.39, 0.29) is 23.2 Å². The van der Waals surface area contributed by atoms with Crippen molar-refractivity contribution in [3.05, 3.63) is 35.9 Å². The normalized spacial score (nSPS) is 13.2. The van der Waals surface area contributed by atoms with Gasteiger partial charge in [-0.1, -0.05) is 44.2 Å². The van der Waals surface area contributed by atoms with Crippen molar-refractivity contribution >= 4 is 15.6 Å². The first-order chi connectivity index (χ1) is 8.46. The molecule has 0 saturated carbocycles. The van der Waals surface area contributed by atoms with E-state index in [1.165, 1.54) is 0 Å². The Morgan fingerprint density at radius 1 is 1.22 bits per heavy atom.